The van der Waals surface area contributed by atoms with Gasteiger partial charge in [-0.2, -0.15) is 9.97 Å². The van der Waals surface area contributed by atoms with Gasteiger partial charge in [0, 0.05) is 11.6 Å². The number of halogens is 1. The van der Waals surface area contributed by atoms with E-state index in [1.54, 1.807) is 32.0 Å². The lowest BCUT2D eigenvalue weighted by Crippen LogP contribution is -2.10. The summed E-state index contributed by atoms with van der Waals surface area (Å²) in [6, 6.07) is 9.09. The van der Waals surface area contributed by atoms with Gasteiger partial charge in [-0.15, -0.1) is 0 Å². The first-order valence-electron chi connectivity index (χ1n) is 10.5. The quantitative estimate of drug-likeness (QED) is 0.359. The van der Waals surface area contributed by atoms with Gasteiger partial charge in [-0.25, -0.2) is 14.2 Å². The Kier molecular flexibility index (Phi) is 6.58. The van der Waals surface area contributed by atoms with Gasteiger partial charge in [0.05, 0.1) is 6.61 Å². The molecule has 0 saturated carbocycles. The van der Waals surface area contributed by atoms with E-state index in [0.717, 1.165) is 17.5 Å². The standard InChI is InChI=1S/C24H22FN3O6/c1-4-8-31-22-19-23(28-24(27-22)33-17-7-5-6-16(25)11-17)34-21(26-19)15-9-13(2)20(14(3)10-15)32-12-18(29)30/h5-7,9-11H,4,8,12H2,1-3H3,(H,29,30). The van der Waals surface area contributed by atoms with Crippen molar-refractivity contribution in [2.75, 3.05) is 13.2 Å². The predicted molar refractivity (Wildman–Crippen MR) is 120 cm³/mol. The molecule has 0 bridgehead atoms. The second-order valence-corrected chi connectivity index (χ2v) is 7.51. The molecule has 0 saturated heterocycles. The van der Waals surface area contributed by atoms with E-state index in [0.29, 0.717) is 23.4 Å². The largest absolute Gasteiger partial charge is 0.481 e. The van der Waals surface area contributed by atoms with Crippen molar-refractivity contribution in [1.29, 1.82) is 0 Å². The molecule has 0 aliphatic carbocycles. The summed E-state index contributed by atoms with van der Waals surface area (Å²) in [5.74, 6) is -0.350. The average molecular weight is 467 g/mol. The molecule has 0 fully saturated rings. The van der Waals surface area contributed by atoms with Crippen LogP contribution in [0.1, 0.15) is 24.5 Å². The van der Waals surface area contributed by atoms with E-state index >= 15 is 0 Å². The summed E-state index contributed by atoms with van der Waals surface area (Å²) in [5.41, 5.74) is 2.55. The van der Waals surface area contributed by atoms with E-state index in [-0.39, 0.29) is 29.2 Å². The topological polar surface area (TPSA) is 117 Å². The summed E-state index contributed by atoms with van der Waals surface area (Å²) in [6.07, 6.45) is 0.743. The van der Waals surface area contributed by atoms with Gasteiger partial charge in [-0.05, 0) is 55.7 Å². The minimum absolute atomic E-state index is 0.0725. The molecule has 0 aliphatic heterocycles. The maximum absolute atomic E-state index is 13.5. The van der Waals surface area contributed by atoms with Crippen LogP contribution in [0.5, 0.6) is 23.4 Å². The Balaban J connectivity index is 1.72. The predicted octanol–water partition coefficient (Wildman–Crippen LogP) is 5.09. The number of aromatic nitrogens is 3. The third-order valence-electron chi connectivity index (χ3n) is 4.70. The van der Waals surface area contributed by atoms with Crippen molar-refractivity contribution in [3.63, 3.8) is 0 Å². The van der Waals surface area contributed by atoms with Gasteiger partial charge in [0.15, 0.2) is 12.1 Å². The number of aliphatic carboxylic acids is 1. The molecule has 0 atom stereocenters. The highest BCUT2D eigenvalue weighted by Gasteiger charge is 2.20. The number of benzene rings is 2. The molecule has 1 N–H and O–H groups in total. The molecule has 10 heteroatoms. The highest BCUT2D eigenvalue weighted by Crippen LogP contribution is 2.34. The van der Waals surface area contributed by atoms with Crippen LogP contribution in [0.15, 0.2) is 40.8 Å². The Bertz CT molecular complexity index is 1330. The minimum atomic E-state index is -1.06. The average Bonchev–Trinajstić information content (AvgIpc) is 3.21. The summed E-state index contributed by atoms with van der Waals surface area (Å²) in [4.78, 5) is 23.9. The Morgan fingerprint density at radius 3 is 2.53 bits per heavy atom. The zero-order valence-corrected chi connectivity index (χ0v) is 18.8. The molecule has 0 aliphatic rings. The molecule has 2 aromatic heterocycles. The van der Waals surface area contributed by atoms with E-state index in [4.69, 9.17) is 23.7 Å². The van der Waals surface area contributed by atoms with Crippen molar-refractivity contribution < 1.29 is 32.9 Å². The Morgan fingerprint density at radius 2 is 1.85 bits per heavy atom. The van der Waals surface area contributed by atoms with E-state index < -0.39 is 18.4 Å². The van der Waals surface area contributed by atoms with Crippen LogP contribution < -0.4 is 14.2 Å². The molecule has 0 amide bonds. The highest BCUT2D eigenvalue weighted by molar-refractivity contribution is 5.78. The second kappa shape index (κ2) is 9.74. The van der Waals surface area contributed by atoms with Crippen molar-refractivity contribution in [1.82, 2.24) is 15.0 Å². The molecule has 9 nitrogen and oxygen atoms in total. The van der Waals surface area contributed by atoms with Gasteiger partial charge in [0.2, 0.25) is 5.89 Å². The molecule has 176 valence electrons. The first-order valence-corrected chi connectivity index (χ1v) is 10.5. The SMILES string of the molecule is CCCOc1nc(Oc2cccc(F)c2)nc2oc(-c3cc(C)c(OCC(=O)O)c(C)c3)nc12. The summed E-state index contributed by atoms with van der Waals surface area (Å²) >= 11 is 0. The van der Waals surface area contributed by atoms with E-state index in [9.17, 15) is 9.18 Å². The van der Waals surface area contributed by atoms with Gasteiger partial charge in [0.1, 0.15) is 17.3 Å². The van der Waals surface area contributed by atoms with Crippen molar-refractivity contribution in [3.05, 3.63) is 53.3 Å². The third kappa shape index (κ3) is 5.06. The number of ether oxygens (including phenoxy) is 3. The van der Waals surface area contributed by atoms with Gasteiger partial charge in [-0.1, -0.05) is 13.0 Å². The van der Waals surface area contributed by atoms with Crippen LogP contribution in [0, 0.1) is 19.7 Å². The van der Waals surface area contributed by atoms with Crippen molar-refractivity contribution >= 4 is 17.2 Å². The summed E-state index contributed by atoms with van der Waals surface area (Å²) in [5, 5.41) is 8.88. The normalized spacial score (nSPS) is 10.9. The Hall–Kier alpha value is -4.21. The maximum atomic E-state index is 13.5. The number of hydrogen-bond donors (Lipinski definition) is 1. The van der Waals surface area contributed by atoms with Crippen LogP contribution in [0.2, 0.25) is 0 Å². The highest BCUT2D eigenvalue weighted by atomic mass is 19.1. The monoisotopic (exact) mass is 467 g/mol. The molecule has 0 spiro atoms. The number of rotatable bonds is 9. The fourth-order valence-corrected chi connectivity index (χ4v) is 3.32. The van der Waals surface area contributed by atoms with Crippen molar-refractivity contribution in [2.45, 2.75) is 27.2 Å². The van der Waals surface area contributed by atoms with Crippen LogP contribution >= 0.6 is 0 Å². The number of carbonyl (C=O) groups is 1. The van der Waals surface area contributed by atoms with Gasteiger partial charge in [0.25, 0.3) is 11.6 Å². The molecular formula is C24H22FN3O6. The second-order valence-electron chi connectivity index (χ2n) is 7.51. The first kappa shape index (κ1) is 23.0. The molecule has 2 heterocycles. The van der Waals surface area contributed by atoms with Crippen LogP contribution in [-0.2, 0) is 4.79 Å². The van der Waals surface area contributed by atoms with E-state index in [1.807, 2.05) is 6.92 Å². The number of fused-ring (bicyclic) bond motifs is 1. The molecule has 34 heavy (non-hydrogen) atoms. The molecule has 4 rings (SSSR count). The first-order chi connectivity index (χ1) is 16.3. The molecule has 2 aromatic carbocycles. The zero-order chi connectivity index (χ0) is 24.2. The maximum Gasteiger partial charge on any atom is 0.341 e. The van der Waals surface area contributed by atoms with E-state index in [1.165, 1.54) is 18.2 Å². The molecule has 4 aromatic rings. The third-order valence-corrected chi connectivity index (χ3v) is 4.70. The Labute approximate surface area is 194 Å². The lowest BCUT2D eigenvalue weighted by atomic mass is 10.1. The number of carboxylic acids is 1. The number of nitrogens with zero attached hydrogens (tertiary/aromatic N) is 3. The molecule has 0 unspecified atom stereocenters. The summed E-state index contributed by atoms with van der Waals surface area (Å²) in [6.45, 7) is 5.51. The molecule has 0 radical (unpaired) electrons. The molecular weight excluding hydrogens is 445 g/mol. The van der Waals surface area contributed by atoms with E-state index in [2.05, 4.69) is 15.0 Å². The smallest absolute Gasteiger partial charge is 0.341 e. The van der Waals surface area contributed by atoms with Crippen LogP contribution in [0.25, 0.3) is 22.7 Å². The van der Waals surface area contributed by atoms with Crippen molar-refractivity contribution in [3.8, 4) is 34.8 Å². The lowest BCUT2D eigenvalue weighted by Gasteiger charge is -2.11. The Morgan fingerprint density at radius 1 is 1.09 bits per heavy atom. The number of hydrogen-bond acceptors (Lipinski definition) is 8. The fraction of sp³-hybridized carbons (Fsp3) is 0.250. The number of oxazole rings is 1. The fourth-order valence-electron chi connectivity index (χ4n) is 3.32. The lowest BCUT2D eigenvalue weighted by molar-refractivity contribution is -0.139. The van der Waals surface area contributed by atoms with Gasteiger partial charge >= 0.3 is 12.0 Å². The number of carboxylic acid groups (broad SMARTS) is 1. The van der Waals surface area contributed by atoms with Crippen LogP contribution in [-0.4, -0.2) is 39.2 Å². The van der Waals surface area contributed by atoms with Gasteiger partial charge in [-0.3, -0.25) is 0 Å². The van der Waals surface area contributed by atoms with Gasteiger partial charge < -0.3 is 23.7 Å². The summed E-state index contributed by atoms with van der Waals surface area (Å²) < 4.78 is 36.2. The number of aryl methyl sites for hydroxylation is 2. The van der Waals surface area contributed by atoms with Crippen LogP contribution in [0.3, 0.4) is 0 Å². The van der Waals surface area contributed by atoms with Crippen LogP contribution in [0.4, 0.5) is 4.39 Å². The minimum Gasteiger partial charge on any atom is -0.481 e. The van der Waals surface area contributed by atoms with Crippen molar-refractivity contribution in [2.24, 2.45) is 0 Å². The zero-order valence-electron chi connectivity index (χ0n) is 18.8. The summed E-state index contributed by atoms with van der Waals surface area (Å²) in [7, 11) is 0.